The highest BCUT2D eigenvalue weighted by Gasteiger charge is 2.45. The van der Waals surface area contributed by atoms with Crippen LogP contribution >= 0.6 is 46.4 Å². The van der Waals surface area contributed by atoms with Crippen molar-refractivity contribution in [1.29, 1.82) is 0 Å². The molecule has 42 heteroatoms. The molecule has 9 amide bonds. The summed E-state index contributed by atoms with van der Waals surface area (Å²) in [6.07, 6.45) is 19.6. The Morgan fingerprint density at radius 1 is 0.423 bits per heavy atom. The number of aromatic nitrogens is 8. The Morgan fingerprint density at radius 2 is 0.826 bits per heavy atom. The molecule has 7 fully saturated rings. The van der Waals surface area contributed by atoms with Crippen molar-refractivity contribution in [3.8, 4) is 0 Å². The Balaban J connectivity index is 0.000000130. The third-order valence-electron chi connectivity index (χ3n) is 28.5. The summed E-state index contributed by atoms with van der Waals surface area (Å²) in [6, 6.07) is 27.5. The lowest BCUT2D eigenvalue weighted by molar-refractivity contribution is -0.155. The van der Waals surface area contributed by atoms with Crippen LogP contribution in [0.5, 0.6) is 0 Å². The van der Waals surface area contributed by atoms with Gasteiger partial charge in [0.15, 0.2) is 0 Å². The summed E-state index contributed by atoms with van der Waals surface area (Å²) in [6.45, 7) is 21.1. The molecule has 5 atom stereocenters. The van der Waals surface area contributed by atoms with Crippen molar-refractivity contribution in [2.45, 2.75) is 153 Å². The van der Waals surface area contributed by atoms with Crippen LogP contribution < -0.4 is 36.8 Å². The summed E-state index contributed by atoms with van der Waals surface area (Å²) in [5.74, 6) is -1.92. The van der Waals surface area contributed by atoms with Crippen LogP contribution in [0.15, 0.2) is 147 Å². The van der Waals surface area contributed by atoms with Crippen LogP contribution in [-0.4, -0.2) is 327 Å². The van der Waals surface area contributed by atoms with Gasteiger partial charge in [0.2, 0.25) is 47.3 Å². The number of esters is 1. The lowest BCUT2D eigenvalue weighted by Crippen LogP contribution is -2.60. The molecule has 38 nitrogen and oxygen atoms in total. The third kappa shape index (κ3) is 25.1. The fourth-order valence-corrected chi connectivity index (χ4v) is 21.9. The molecule has 1 unspecified atom stereocenters. The lowest BCUT2D eigenvalue weighted by atomic mass is 9.98. The number of nitrogens with zero attached hydrogens (tertiary/aromatic N) is 11. The highest BCUT2D eigenvalue weighted by atomic mass is 35.5. The van der Waals surface area contributed by atoms with E-state index < -0.39 is 47.1 Å². The Bertz CT molecular complexity index is 7200. The third-order valence-corrected chi connectivity index (χ3v) is 29.3. The molecule has 10 N–H and O–H groups in total. The molecule has 8 aliphatic rings. The van der Waals surface area contributed by atoms with E-state index in [0.29, 0.717) is 147 Å². The monoisotopic (exact) mass is 2110 g/mol. The molecule has 786 valence electrons. The maximum Gasteiger partial charge on any atom is 0.407 e. The number of H-pyrrole nitrogens is 4. The molecule has 13 aromatic rings. The van der Waals surface area contributed by atoms with E-state index in [4.69, 9.17) is 74.8 Å². The molecule has 21 rings (SSSR count). The molecule has 0 bridgehead atoms. The summed E-state index contributed by atoms with van der Waals surface area (Å²) < 4.78 is 38.8. The van der Waals surface area contributed by atoms with Gasteiger partial charge in [0, 0.05) is 178 Å². The first-order valence-electron chi connectivity index (χ1n) is 50.4. The number of anilines is 5. The van der Waals surface area contributed by atoms with Gasteiger partial charge in [0.25, 0.3) is 0 Å². The number of aryl methyl sites for hydroxylation is 1. The Kier molecular flexibility index (Phi) is 33.0. The van der Waals surface area contributed by atoms with E-state index in [1.165, 1.54) is 12.7 Å². The number of methoxy groups -OCH3 is 1. The topological polar surface area (TPSA) is 445 Å². The molecule has 8 aliphatic heterocycles. The largest absolute Gasteiger partial charge is 0.466 e. The first-order chi connectivity index (χ1) is 71.6. The van der Waals surface area contributed by atoms with Gasteiger partial charge in [-0.25, -0.2) is 4.79 Å². The number of morpholine rings is 4. The van der Waals surface area contributed by atoms with Gasteiger partial charge in [-0.1, -0.05) is 64.6 Å². The average Bonchev–Trinajstić information content (AvgIpc) is 1.61. The lowest BCUT2D eigenvalue weighted by Gasteiger charge is -2.43. The number of fused-ring (bicyclic) bond motifs is 13. The average molecular weight is 2120 g/mol. The smallest absolute Gasteiger partial charge is 0.407 e. The number of hydrogen-bond donors (Lipinski definition) is 10. The highest BCUT2D eigenvalue weighted by Crippen LogP contribution is 2.41. The number of carbonyl (C=O) groups excluding carboxylic acids is 10. The number of amides is 9. The van der Waals surface area contributed by atoms with Gasteiger partial charge >= 0.3 is 12.1 Å². The second-order valence-electron chi connectivity index (χ2n) is 40.6. The van der Waals surface area contributed by atoms with Gasteiger partial charge < -0.3 is 99.7 Å². The Morgan fingerprint density at radius 3 is 1.26 bits per heavy atom. The Labute approximate surface area is 879 Å². The van der Waals surface area contributed by atoms with Crippen LogP contribution in [0.25, 0.3) is 87.2 Å². The number of hydrogen-bond acceptors (Lipinski definition) is 25. The molecule has 0 aliphatic carbocycles. The molecule has 0 saturated carbocycles. The molecule has 7 saturated heterocycles. The van der Waals surface area contributed by atoms with E-state index in [1.54, 1.807) is 90.6 Å². The molecule has 16 heterocycles. The van der Waals surface area contributed by atoms with Crippen molar-refractivity contribution in [3.05, 3.63) is 172 Å². The number of pyridine rings is 4. The maximum atomic E-state index is 13.7. The second-order valence-corrected chi connectivity index (χ2v) is 42.4. The predicted molar refractivity (Wildman–Crippen MR) is 571 cm³/mol. The van der Waals surface area contributed by atoms with E-state index in [1.807, 2.05) is 133 Å². The molecule has 8 aromatic heterocycles. The minimum Gasteiger partial charge on any atom is -0.466 e. The minimum absolute atomic E-state index is 0.0130. The minimum atomic E-state index is -0.687. The van der Waals surface area contributed by atoms with Crippen LogP contribution in [0.2, 0.25) is 20.1 Å². The molecule has 0 spiro atoms. The fraction of sp³-hybridized carbons (Fsp3) is 0.439. The van der Waals surface area contributed by atoms with Crippen LogP contribution in [-0.2, 0) is 82.7 Å². The number of para-hydroxylation sites is 1. The van der Waals surface area contributed by atoms with E-state index >= 15 is 0 Å². The highest BCUT2D eigenvalue weighted by molar-refractivity contribution is 6.35. The number of likely N-dealkylation sites (tertiary alicyclic amines) is 2. The molecular weight excluding hydrogens is 1990 g/mol. The number of rotatable bonds is 20. The van der Waals surface area contributed by atoms with Crippen LogP contribution in [0.1, 0.15) is 99.0 Å². The first kappa shape index (κ1) is 106. The van der Waals surface area contributed by atoms with Gasteiger partial charge in [-0.2, -0.15) is 0 Å². The van der Waals surface area contributed by atoms with E-state index in [9.17, 15) is 47.9 Å². The van der Waals surface area contributed by atoms with Crippen molar-refractivity contribution in [3.63, 3.8) is 0 Å². The zero-order valence-corrected chi connectivity index (χ0v) is 87.3. The van der Waals surface area contributed by atoms with Gasteiger partial charge in [-0.15, -0.1) is 0 Å². The van der Waals surface area contributed by atoms with Gasteiger partial charge in [0.05, 0.1) is 187 Å². The zero-order valence-electron chi connectivity index (χ0n) is 84.3. The van der Waals surface area contributed by atoms with Crippen molar-refractivity contribution in [1.82, 2.24) is 79.9 Å². The number of aromatic amines is 4. The van der Waals surface area contributed by atoms with Crippen molar-refractivity contribution in [2.75, 3.05) is 171 Å². The molecule has 149 heavy (non-hydrogen) atoms. The van der Waals surface area contributed by atoms with Crippen LogP contribution in [0.3, 0.4) is 0 Å². The summed E-state index contributed by atoms with van der Waals surface area (Å²) in [4.78, 5) is 174. The van der Waals surface area contributed by atoms with E-state index in [2.05, 4.69) is 82.6 Å². The van der Waals surface area contributed by atoms with Crippen molar-refractivity contribution in [2.24, 2.45) is 5.92 Å². The van der Waals surface area contributed by atoms with Crippen molar-refractivity contribution >= 4 is 221 Å². The number of carbonyl (C=O) groups is 10. The second kappa shape index (κ2) is 46.4. The van der Waals surface area contributed by atoms with Crippen LogP contribution in [0, 0.1) is 5.92 Å². The number of piperidine rings is 2. The normalized spacial score (nSPS) is 20.4. The summed E-state index contributed by atoms with van der Waals surface area (Å²) in [7, 11) is 1.33. The number of nitrogens with one attached hydrogen (secondary N) is 10. The summed E-state index contributed by atoms with van der Waals surface area (Å²) in [5.41, 5.74) is 9.36. The summed E-state index contributed by atoms with van der Waals surface area (Å²) in [5, 5.41) is 27.4. The van der Waals surface area contributed by atoms with Crippen LogP contribution in [0.4, 0.5) is 33.2 Å². The summed E-state index contributed by atoms with van der Waals surface area (Å²) >= 11 is 25.7. The van der Waals surface area contributed by atoms with Gasteiger partial charge in [-0.05, 0) is 184 Å². The standard InChI is InChI=1S/C29H30ClN5O3.C28H34ClN5O5.C25H29ClN6O5.C25H30ClN5O4/c1-29(2)17-34(15-26(36)35-11-5-7-18-6-3-4-8-24(18)35)25(16-38-29)28(37)33-22-13-19(30)12-21-20-9-10-31-14-23(20)32-27(21)22;1-4-38-27(37)17-6-5-9-33(13-17)24(35)14-34-16-28(2,3)39-15-23(34)26(36)32-21-11-18(29)10-20-19-7-8-30-12-22(19)31-25(20)21;1-36-25(35)28-16-3-6-31(7-4-16)22(33)13-32-8-9-37-14-21(32)24(34)30-19-11-15(26)10-18-17-2-5-27-12-20(17)29-23(18)19;1-25(2)14-31(12-22(32)28-16-4-7-34-8-5-16)21(13-35-25)24(33)30-19-10-15(26)9-18-17-3-6-27-11-20(17)29-23(18)19/h3-4,6,8-10,12-14,25,32H,5,7,11,15-17H2,1-2H3,(H,33,37);7-8,10-12,17,23,31H,4-6,9,13-16H2,1-3H3,(H,32,36);2,5,10-12,16,21,29H,3-4,6-9,13-14H2,1H3,(H,28,35)(H,30,34);3,6,9-11,16,21,29H,4-5,7-8,12-14H2,1-2H3,(H,28,32)(H,30,33)/t25-;17?,23-;2*21-/m0010/s1. The van der Waals surface area contributed by atoms with E-state index in [-0.39, 0.29) is 124 Å². The fourth-order valence-electron chi connectivity index (χ4n) is 21.0. The van der Waals surface area contributed by atoms with E-state index in [0.717, 1.165) is 125 Å². The first-order valence-corrected chi connectivity index (χ1v) is 51.9. The number of ether oxygens (including phenoxy) is 7. The van der Waals surface area contributed by atoms with Gasteiger partial charge in [-0.3, -0.25) is 82.7 Å². The molecule has 5 aromatic carbocycles. The maximum absolute atomic E-state index is 13.7. The number of alkyl carbamates (subject to hydrolysis) is 1. The predicted octanol–water partition coefficient (Wildman–Crippen LogP) is 13.8. The number of benzene rings is 5. The molecular formula is C107H123Cl4N21O17. The van der Waals surface area contributed by atoms with Gasteiger partial charge in [0.1, 0.15) is 24.2 Å². The quantitative estimate of drug-likeness (QED) is 0.0317. The Hall–Kier alpha value is -12.8. The zero-order chi connectivity index (χ0) is 105. The number of halogens is 4. The SMILES string of the molecule is CC1(C)CN(CC(=O)N2CCCc3ccccc32)[C@H](C(=O)Nc2cc(Cl)cc3c2[nH]c2cnccc23)CO1.CC1(C)CN(CC(=O)NC2CCOCC2)[C@H](C(=O)Nc2cc(Cl)cc3c2[nH]c2cnccc23)CO1.CCOC(=O)C1CCCN(C(=O)CN2CC(C)(C)OC[C@H]2C(=O)Nc2cc(Cl)cc3c2[nH]c2cnccc23)C1.COC(=O)NC1CCN(C(=O)CN2CCOC[C@@H]2C(=O)Nc2cc(Cl)cc3c2[nH]c2cnccc23)CC1. The van der Waals surface area contributed by atoms with Crippen molar-refractivity contribution < 1.29 is 81.1 Å². The molecule has 0 radical (unpaired) electrons.